The van der Waals surface area contributed by atoms with Crippen molar-refractivity contribution in [3.05, 3.63) is 29.6 Å². The second-order valence-corrected chi connectivity index (χ2v) is 14.3. The molecule has 176 valence electrons. The van der Waals surface area contributed by atoms with E-state index >= 15 is 0 Å². The number of hydrogen-bond acceptors (Lipinski definition) is 1. The van der Waals surface area contributed by atoms with Crippen LogP contribution in [0.3, 0.4) is 0 Å². The number of ether oxygens (including phenoxy) is 1. The molecule has 31 heavy (non-hydrogen) atoms. The van der Waals surface area contributed by atoms with E-state index in [9.17, 15) is 4.39 Å². The van der Waals surface area contributed by atoms with Crippen LogP contribution in [-0.4, -0.2) is 14.4 Å². The SMILES string of the molecule is CCC[SiH]1CCC(CCCC[C@H]2CC[C@H](c3ccc(OC(Cl)CC)c(F)c3)CC2)CC1. The Morgan fingerprint density at radius 3 is 2.23 bits per heavy atom. The zero-order valence-electron chi connectivity index (χ0n) is 19.9. The first kappa shape index (κ1) is 25.1. The molecule has 1 nitrogen and oxygen atoms in total. The molecule has 4 heteroatoms. The molecule has 1 aliphatic heterocycles. The normalized spacial score (nSPS) is 27.7. The maximum atomic E-state index is 14.4. The number of unbranched alkanes of at least 4 members (excludes halogenated alkanes) is 1. The second-order valence-electron chi connectivity index (χ2n) is 10.3. The average Bonchev–Trinajstić information content (AvgIpc) is 2.79. The van der Waals surface area contributed by atoms with Crippen LogP contribution in [0.1, 0.15) is 102 Å². The Bertz CT molecular complexity index is 638. The van der Waals surface area contributed by atoms with Crippen molar-refractivity contribution in [1.82, 2.24) is 0 Å². The zero-order valence-corrected chi connectivity index (χ0v) is 21.8. The number of benzene rings is 1. The predicted octanol–water partition coefficient (Wildman–Crippen LogP) is 9.06. The van der Waals surface area contributed by atoms with Gasteiger partial charge in [-0.1, -0.05) is 94.6 Å². The molecule has 0 radical (unpaired) electrons. The summed E-state index contributed by atoms with van der Waals surface area (Å²) in [6, 6.07) is 10.3. The summed E-state index contributed by atoms with van der Waals surface area (Å²) >= 11 is 6.00. The van der Waals surface area contributed by atoms with Crippen molar-refractivity contribution < 1.29 is 9.13 Å². The van der Waals surface area contributed by atoms with Gasteiger partial charge >= 0.3 is 0 Å². The van der Waals surface area contributed by atoms with Crippen molar-refractivity contribution in [2.45, 2.75) is 121 Å². The number of halogens is 2. The summed E-state index contributed by atoms with van der Waals surface area (Å²) in [4.78, 5) is 0. The van der Waals surface area contributed by atoms with Crippen LogP contribution in [0.2, 0.25) is 18.1 Å². The van der Waals surface area contributed by atoms with Gasteiger partial charge in [-0.25, -0.2) is 4.39 Å². The van der Waals surface area contributed by atoms with Crippen molar-refractivity contribution in [3.8, 4) is 5.75 Å². The first-order valence-electron chi connectivity index (χ1n) is 13.2. The van der Waals surface area contributed by atoms with Crippen LogP contribution in [0.25, 0.3) is 0 Å². The first-order valence-corrected chi connectivity index (χ1v) is 16.1. The molecule has 2 fully saturated rings. The largest absolute Gasteiger partial charge is 0.472 e. The molecule has 1 atom stereocenters. The Hall–Kier alpha value is -0.543. The lowest BCUT2D eigenvalue weighted by molar-refractivity contribution is 0.263. The monoisotopic (exact) mass is 466 g/mol. The highest BCUT2D eigenvalue weighted by Gasteiger charge is 2.24. The van der Waals surface area contributed by atoms with Gasteiger partial charge in [-0.05, 0) is 67.6 Å². The fraction of sp³-hybridized carbons (Fsp3) is 0.778. The number of alkyl halides is 1. The number of hydrogen-bond donors (Lipinski definition) is 0. The van der Waals surface area contributed by atoms with Gasteiger partial charge < -0.3 is 4.74 Å². The predicted molar refractivity (Wildman–Crippen MR) is 135 cm³/mol. The Morgan fingerprint density at radius 1 is 1.00 bits per heavy atom. The smallest absolute Gasteiger partial charge is 0.172 e. The molecule has 1 saturated carbocycles. The van der Waals surface area contributed by atoms with Crippen molar-refractivity contribution in [3.63, 3.8) is 0 Å². The quantitative estimate of drug-likeness (QED) is 0.179. The summed E-state index contributed by atoms with van der Waals surface area (Å²) < 4.78 is 19.9. The average molecular weight is 467 g/mol. The third kappa shape index (κ3) is 8.07. The first-order chi connectivity index (χ1) is 15.1. The molecule has 2 aliphatic rings. The Kier molecular flexibility index (Phi) is 10.7. The van der Waals surface area contributed by atoms with Crippen LogP contribution in [0, 0.1) is 17.7 Å². The van der Waals surface area contributed by atoms with Gasteiger partial charge in [0.2, 0.25) is 0 Å². The van der Waals surface area contributed by atoms with Gasteiger partial charge in [0, 0.05) is 8.80 Å². The molecular formula is C27H44ClFOSi. The molecule has 1 unspecified atom stereocenters. The van der Waals surface area contributed by atoms with Gasteiger partial charge in [-0.3, -0.25) is 0 Å². The third-order valence-corrected chi connectivity index (χ3v) is 12.1. The van der Waals surface area contributed by atoms with Gasteiger partial charge in [0.25, 0.3) is 0 Å². The van der Waals surface area contributed by atoms with Crippen molar-refractivity contribution >= 4 is 20.4 Å². The molecular weight excluding hydrogens is 423 g/mol. The summed E-state index contributed by atoms with van der Waals surface area (Å²) in [6.07, 6.45) is 15.9. The fourth-order valence-electron chi connectivity index (χ4n) is 5.96. The highest BCUT2D eigenvalue weighted by atomic mass is 35.5. The molecule has 0 amide bonds. The molecule has 1 aromatic carbocycles. The van der Waals surface area contributed by atoms with E-state index in [-0.39, 0.29) is 20.4 Å². The summed E-state index contributed by atoms with van der Waals surface area (Å²) in [6.45, 7) is 4.29. The molecule has 1 saturated heterocycles. The lowest BCUT2D eigenvalue weighted by Crippen LogP contribution is -2.21. The minimum atomic E-state index is -0.464. The van der Waals surface area contributed by atoms with Crippen LogP contribution in [0.15, 0.2) is 18.2 Å². The van der Waals surface area contributed by atoms with E-state index in [2.05, 4.69) is 6.92 Å². The Balaban J connectivity index is 1.31. The zero-order chi connectivity index (χ0) is 22.1. The van der Waals surface area contributed by atoms with Gasteiger partial charge in [0.15, 0.2) is 17.1 Å². The molecule has 1 aromatic rings. The minimum Gasteiger partial charge on any atom is -0.472 e. The molecule has 1 aliphatic carbocycles. The van der Waals surface area contributed by atoms with E-state index in [0.29, 0.717) is 12.3 Å². The van der Waals surface area contributed by atoms with E-state index in [1.165, 1.54) is 57.8 Å². The molecule has 0 aromatic heterocycles. The van der Waals surface area contributed by atoms with Crippen LogP contribution in [0.4, 0.5) is 4.39 Å². The highest BCUT2D eigenvalue weighted by Crippen LogP contribution is 2.39. The standard InChI is InChI=1S/C27H44ClFOSi/c1-3-17-31-18-15-22(16-19-31)8-6-5-7-21-9-11-23(12-10-21)24-13-14-26(25(29)20-24)30-27(28)4-2/h13-14,20-23,27,31H,3-12,15-19H2,1-2H3/t21-,22?,23-,27?,31?. The third-order valence-electron chi connectivity index (χ3n) is 7.99. The second kappa shape index (κ2) is 13.2. The van der Waals surface area contributed by atoms with Gasteiger partial charge in [-0.15, -0.1) is 0 Å². The maximum Gasteiger partial charge on any atom is 0.172 e. The van der Waals surface area contributed by atoms with Gasteiger partial charge in [-0.2, -0.15) is 0 Å². The number of rotatable bonds is 11. The summed E-state index contributed by atoms with van der Waals surface area (Å²) in [5.74, 6) is 2.44. The molecule has 0 spiro atoms. The topological polar surface area (TPSA) is 9.23 Å². The van der Waals surface area contributed by atoms with E-state index in [1.54, 1.807) is 43.1 Å². The molecule has 0 N–H and O–H groups in total. The lowest BCUT2D eigenvalue weighted by Gasteiger charge is -2.30. The van der Waals surface area contributed by atoms with E-state index < -0.39 is 5.56 Å². The van der Waals surface area contributed by atoms with E-state index in [1.807, 2.05) is 13.0 Å². The van der Waals surface area contributed by atoms with Crippen LogP contribution in [-0.2, 0) is 0 Å². The van der Waals surface area contributed by atoms with E-state index in [4.69, 9.17) is 16.3 Å². The van der Waals surface area contributed by atoms with Crippen LogP contribution >= 0.6 is 11.6 Å². The molecule has 0 bridgehead atoms. The Morgan fingerprint density at radius 2 is 1.65 bits per heavy atom. The summed E-state index contributed by atoms with van der Waals surface area (Å²) in [5.41, 5.74) is 0.668. The summed E-state index contributed by atoms with van der Waals surface area (Å²) in [5, 5.41) is 0. The lowest BCUT2D eigenvalue weighted by atomic mass is 9.77. The van der Waals surface area contributed by atoms with Crippen molar-refractivity contribution in [2.24, 2.45) is 11.8 Å². The Labute approximate surface area is 197 Å². The van der Waals surface area contributed by atoms with Gasteiger partial charge in [0.1, 0.15) is 0 Å². The van der Waals surface area contributed by atoms with Crippen LogP contribution in [0.5, 0.6) is 5.75 Å². The van der Waals surface area contributed by atoms with Crippen LogP contribution < -0.4 is 4.74 Å². The van der Waals surface area contributed by atoms with Crippen molar-refractivity contribution in [1.29, 1.82) is 0 Å². The van der Waals surface area contributed by atoms with Crippen molar-refractivity contribution in [2.75, 3.05) is 0 Å². The fourth-order valence-corrected chi connectivity index (χ4v) is 9.62. The highest BCUT2D eigenvalue weighted by molar-refractivity contribution is 6.58. The summed E-state index contributed by atoms with van der Waals surface area (Å²) in [7, 11) is -0.312. The van der Waals surface area contributed by atoms with Gasteiger partial charge in [0.05, 0.1) is 0 Å². The molecule has 1 heterocycles. The molecule has 3 rings (SSSR count). The maximum absolute atomic E-state index is 14.4. The van der Waals surface area contributed by atoms with E-state index in [0.717, 1.165) is 17.4 Å². The minimum absolute atomic E-state index is 0.273.